The first kappa shape index (κ1) is 16.0. The number of aliphatic hydroxyl groups excluding tert-OH is 1. The van der Waals surface area contributed by atoms with Crippen LogP contribution in [0.3, 0.4) is 0 Å². The van der Waals surface area contributed by atoms with Crippen molar-refractivity contribution in [1.82, 2.24) is 10.2 Å². The molecule has 1 rings (SSSR count). The van der Waals surface area contributed by atoms with Crippen LogP contribution in [0.1, 0.15) is 40.0 Å². The lowest BCUT2D eigenvalue weighted by molar-refractivity contribution is -0.129. The standard InChI is InChI=1S/C14H26N2O3/c1-4-5-12(17)7-15-14(19)11-6-13(18)16(9-11)8-10(2)3/h10-12,17H,4-9H2,1-3H3,(H,15,19). The van der Waals surface area contributed by atoms with Gasteiger partial charge in [0.2, 0.25) is 11.8 Å². The number of likely N-dealkylation sites (tertiary alicyclic amines) is 1. The van der Waals surface area contributed by atoms with Crippen molar-refractivity contribution in [3.05, 3.63) is 0 Å². The lowest BCUT2D eigenvalue weighted by Crippen LogP contribution is -2.37. The number of carbonyl (C=O) groups excluding carboxylic acids is 2. The predicted molar refractivity (Wildman–Crippen MR) is 73.4 cm³/mol. The van der Waals surface area contributed by atoms with Crippen LogP contribution in [0.4, 0.5) is 0 Å². The van der Waals surface area contributed by atoms with Crippen LogP contribution in [0, 0.1) is 11.8 Å². The Kier molecular flexibility index (Phi) is 6.28. The second-order valence-electron chi connectivity index (χ2n) is 5.78. The fourth-order valence-electron chi connectivity index (χ4n) is 2.36. The van der Waals surface area contributed by atoms with Crippen molar-refractivity contribution in [2.45, 2.75) is 46.1 Å². The lowest BCUT2D eigenvalue weighted by atomic mass is 10.1. The van der Waals surface area contributed by atoms with E-state index >= 15 is 0 Å². The van der Waals surface area contributed by atoms with Gasteiger partial charge in [-0.15, -0.1) is 0 Å². The van der Waals surface area contributed by atoms with Gasteiger partial charge in [0, 0.05) is 26.1 Å². The van der Waals surface area contributed by atoms with E-state index in [1.54, 1.807) is 4.90 Å². The summed E-state index contributed by atoms with van der Waals surface area (Å²) in [5.41, 5.74) is 0. The van der Waals surface area contributed by atoms with E-state index in [9.17, 15) is 14.7 Å². The van der Waals surface area contributed by atoms with E-state index in [4.69, 9.17) is 0 Å². The zero-order valence-corrected chi connectivity index (χ0v) is 12.2. The van der Waals surface area contributed by atoms with E-state index in [2.05, 4.69) is 19.2 Å². The fourth-order valence-corrected chi connectivity index (χ4v) is 2.36. The molecule has 0 aliphatic carbocycles. The van der Waals surface area contributed by atoms with Gasteiger partial charge in [-0.25, -0.2) is 0 Å². The van der Waals surface area contributed by atoms with Gasteiger partial charge in [0.25, 0.3) is 0 Å². The number of nitrogens with one attached hydrogen (secondary N) is 1. The van der Waals surface area contributed by atoms with E-state index in [1.165, 1.54) is 0 Å². The Morgan fingerprint density at radius 2 is 2.21 bits per heavy atom. The third-order valence-electron chi connectivity index (χ3n) is 3.30. The summed E-state index contributed by atoms with van der Waals surface area (Å²) in [6, 6.07) is 0. The van der Waals surface area contributed by atoms with Crippen molar-refractivity contribution in [2.75, 3.05) is 19.6 Å². The predicted octanol–water partition coefficient (Wildman–Crippen LogP) is 0.768. The topological polar surface area (TPSA) is 69.6 Å². The summed E-state index contributed by atoms with van der Waals surface area (Å²) in [6.07, 6.45) is 1.38. The minimum Gasteiger partial charge on any atom is -0.391 e. The summed E-state index contributed by atoms with van der Waals surface area (Å²) in [4.78, 5) is 25.5. The lowest BCUT2D eigenvalue weighted by Gasteiger charge is -2.19. The number of nitrogens with zero attached hydrogens (tertiary/aromatic N) is 1. The van der Waals surface area contributed by atoms with Crippen LogP contribution < -0.4 is 5.32 Å². The van der Waals surface area contributed by atoms with Crippen molar-refractivity contribution >= 4 is 11.8 Å². The molecule has 0 aromatic heterocycles. The SMILES string of the molecule is CCCC(O)CNC(=O)C1CC(=O)N(CC(C)C)C1. The molecule has 5 heteroatoms. The molecule has 0 aromatic carbocycles. The van der Waals surface area contributed by atoms with Gasteiger partial charge in [-0.2, -0.15) is 0 Å². The summed E-state index contributed by atoms with van der Waals surface area (Å²) >= 11 is 0. The molecule has 1 fully saturated rings. The smallest absolute Gasteiger partial charge is 0.225 e. The van der Waals surface area contributed by atoms with Gasteiger partial charge in [-0.3, -0.25) is 9.59 Å². The number of hydrogen-bond acceptors (Lipinski definition) is 3. The Morgan fingerprint density at radius 3 is 2.79 bits per heavy atom. The Bertz CT molecular complexity index is 318. The molecule has 0 saturated carbocycles. The molecule has 1 aliphatic rings. The van der Waals surface area contributed by atoms with Crippen molar-refractivity contribution < 1.29 is 14.7 Å². The van der Waals surface area contributed by atoms with Gasteiger partial charge in [0.1, 0.15) is 0 Å². The monoisotopic (exact) mass is 270 g/mol. The van der Waals surface area contributed by atoms with Gasteiger partial charge in [-0.05, 0) is 12.3 Å². The zero-order chi connectivity index (χ0) is 14.4. The summed E-state index contributed by atoms with van der Waals surface area (Å²) in [5, 5.41) is 12.3. The molecule has 110 valence electrons. The second kappa shape index (κ2) is 7.48. The van der Waals surface area contributed by atoms with Crippen LogP contribution in [-0.4, -0.2) is 47.6 Å². The van der Waals surface area contributed by atoms with Gasteiger partial charge in [0.15, 0.2) is 0 Å². The van der Waals surface area contributed by atoms with E-state index in [0.29, 0.717) is 31.8 Å². The average Bonchev–Trinajstić information content (AvgIpc) is 2.67. The fraction of sp³-hybridized carbons (Fsp3) is 0.857. The van der Waals surface area contributed by atoms with Crippen LogP contribution in [-0.2, 0) is 9.59 Å². The molecule has 2 atom stereocenters. The molecule has 0 spiro atoms. The van der Waals surface area contributed by atoms with Crippen molar-refractivity contribution in [3.8, 4) is 0 Å². The summed E-state index contributed by atoms with van der Waals surface area (Å²) < 4.78 is 0. The Balaban J connectivity index is 2.36. The molecule has 0 radical (unpaired) electrons. The van der Waals surface area contributed by atoms with E-state index in [-0.39, 0.29) is 24.3 Å². The van der Waals surface area contributed by atoms with Crippen molar-refractivity contribution in [2.24, 2.45) is 11.8 Å². The highest BCUT2D eigenvalue weighted by atomic mass is 16.3. The van der Waals surface area contributed by atoms with E-state index < -0.39 is 6.10 Å². The van der Waals surface area contributed by atoms with Gasteiger partial charge in [-0.1, -0.05) is 27.2 Å². The zero-order valence-electron chi connectivity index (χ0n) is 12.2. The maximum atomic E-state index is 11.9. The molecule has 0 aromatic rings. The largest absolute Gasteiger partial charge is 0.391 e. The van der Waals surface area contributed by atoms with Gasteiger partial charge >= 0.3 is 0 Å². The summed E-state index contributed by atoms with van der Waals surface area (Å²) in [6.45, 7) is 7.60. The van der Waals surface area contributed by atoms with Gasteiger partial charge < -0.3 is 15.3 Å². The van der Waals surface area contributed by atoms with Crippen molar-refractivity contribution in [1.29, 1.82) is 0 Å². The molecule has 2 unspecified atom stereocenters. The molecule has 0 bridgehead atoms. The van der Waals surface area contributed by atoms with Crippen molar-refractivity contribution in [3.63, 3.8) is 0 Å². The molecule has 1 heterocycles. The normalized spacial score (nSPS) is 21.0. The maximum Gasteiger partial charge on any atom is 0.225 e. The summed E-state index contributed by atoms with van der Waals surface area (Å²) in [7, 11) is 0. The highest BCUT2D eigenvalue weighted by Crippen LogP contribution is 2.19. The van der Waals surface area contributed by atoms with Crippen LogP contribution in [0.15, 0.2) is 0 Å². The van der Waals surface area contributed by atoms with E-state index in [1.807, 2.05) is 6.92 Å². The van der Waals surface area contributed by atoms with Gasteiger partial charge in [0.05, 0.1) is 12.0 Å². The first-order valence-electron chi connectivity index (χ1n) is 7.17. The molecule has 2 amide bonds. The molecule has 2 N–H and O–H groups in total. The quantitative estimate of drug-likeness (QED) is 0.718. The second-order valence-corrected chi connectivity index (χ2v) is 5.78. The molecule has 1 saturated heterocycles. The molecular formula is C14H26N2O3. The first-order valence-corrected chi connectivity index (χ1v) is 7.17. The highest BCUT2D eigenvalue weighted by Gasteiger charge is 2.34. The number of carbonyl (C=O) groups is 2. The first-order chi connectivity index (χ1) is 8.93. The third kappa shape index (κ3) is 5.19. The highest BCUT2D eigenvalue weighted by molar-refractivity contribution is 5.89. The maximum absolute atomic E-state index is 11.9. The third-order valence-corrected chi connectivity index (χ3v) is 3.30. The molecule has 5 nitrogen and oxygen atoms in total. The summed E-state index contributed by atoms with van der Waals surface area (Å²) in [5.74, 6) is 0.0925. The van der Waals surface area contributed by atoms with E-state index in [0.717, 1.165) is 6.42 Å². The Hall–Kier alpha value is -1.10. The minimum atomic E-state index is -0.488. The Morgan fingerprint density at radius 1 is 1.53 bits per heavy atom. The molecule has 1 aliphatic heterocycles. The van der Waals surface area contributed by atoms with Crippen LogP contribution in [0.5, 0.6) is 0 Å². The number of hydrogen-bond donors (Lipinski definition) is 2. The Labute approximate surface area is 115 Å². The number of rotatable bonds is 7. The van der Waals surface area contributed by atoms with Crippen LogP contribution in [0.25, 0.3) is 0 Å². The molecular weight excluding hydrogens is 244 g/mol. The number of amides is 2. The average molecular weight is 270 g/mol. The van der Waals surface area contributed by atoms with Crippen LogP contribution in [0.2, 0.25) is 0 Å². The van der Waals surface area contributed by atoms with Crippen LogP contribution >= 0.6 is 0 Å². The minimum absolute atomic E-state index is 0.0583. The molecule has 19 heavy (non-hydrogen) atoms. The number of aliphatic hydroxyl groups is 1.